The lowest BCUT2D eigenvalue weighted by Gasteiger charge is -2.41. The monoisotopic (exact) mass is 657 g/mol. The summed E-state index contributed by atoms with van der Waals surface area (Å²) in [7, 11) is 0. The fraction of sp³-hybridized carbons (Fsp3) is 0.303. The van der Waals surface area contributed by atoms with Crippen LogP contribution in [-0.4, -0.2) is 46.9 Å². The van der Waals surface area contributed by atoms with E-state index in [-0.39, 0.29) is 6.10 Å². The molecule has 224 valence electrons. The quantitative estimate of drug-likeness (QED) is 0.181. The Bertz CT molecular complexity index is 1580. The summed E-state index contributed by atoms with van der Waals surface area (Å²) in [5.41, 5.74) is 4.32. The Morgan fingerprint density at radius 3 is 2.60 bits per heavy atom. The fourth-order valence-corrected chi connectivity index (χ4v) is 6.46. The van der Waals surface area contributed by atoms with Crippen LogP contribution in [0.15, 0.2) is 79.4 Å². The van der Waals surface area contributed by atoms with Gasteiger partial charge in [0.25, 0.3) is 0 Å². The van der Waals surface area contributed by atoms with E-state index in [0.717, 1.165) is 36.6 Å². The standard InChI is InChI=1S/C33H31Cl4N3O3/c34-26-5-3-23(4-6-26)2-1-12-39-13-9-24-17-32(31(37)16-25(24)19-39)41-20-28-10-15-42-33(43-28,21-40-14-11-38-22-40)29-8-7-27(35)18-30(29)36/h1-8,11,14,16-18,22,28H,9-10,12-13,15,19-21H2/t28-,33+/m0/s1. The Morgan fingerprint density at radius 2 is 1.81 bits per heavy atom. The van der Waals surface area contributed by atoms with Crippen LogP contribution < -0.4 is 4.74 Å². The van der Waals surface area contributed by atoms with Crippen LogP contribution in [0.2, 0.25) is 20.1 Å². The molecular formula is C33H31Cl4N3O3. The van der Waals surface area contributed by atoms with E-state index >= 15 is 0 Å². The molecule has 0 aliphatic carbocycles. The van der Waals surface area contributed by atoms with Gasteiger partial charge >= 0.3 is 0 Å². The number of nitrogens with zero attached hydrogens (tertiary/aromatic N) is 3. The molecule has 3 heterocycles. The van der Waals surface area contributed by atoms with E-state index in [9.17, 15) is 0 Å². The first kappa shape index (κ1) is 30.5. The van der Waals surface area contributed by atoms with Crippen molar-refractivity contribution in [2.75, 3.05) is 26.3 Å². The van der Waals surface area contributed by atoms with Crippen molar-refractivity contribution in [3.63, 3.8) is 0 Å². The van der Waals surface area contributed by atoms with Gasteiger partial charge in [0.1, 0.15) is 12.4 Å². The summed E-state index contributed by atoms with van der Waals surface area (Å²) in [4.78, 5) is 6.58. The molecule has 0 N–H and O–H groups in total. The van der Waals surface area contributed by atoms with Gasteiger partial charge in [-0.1, -0.05) is 76.8 Å². The Morgan fingerprint density at radius 1 is 0.977 bits per heavy atom. The third-order valence-electron chi connectivity index (χ3n) is 7.74. The third-order valence-corrected chi connectivity index (χ3v) is 8.83. The molecule has 0 bridgehead atoms. The molecule has 1 fully saturated rings. The lowest BCUT2D eigenvalue weighted by Crippen LogP contribution is -2.47. The Hall–Kier alpha value is -2.55. The zero-order valence-corrected chi connectivity index (χ0v) is 26.4. The number of halogens is 4. The molecule has 0 unspecified atom stereocenters. The molecule has 3 aromatic carbocycles. The van der Waals surface area contributed by atoms with Gasteiger partial charge in [-0.05, 0) is 59.5 Å². The molecule has 6 rings (SSSR count). The number of benzene rings is 3. The minimum Gasteiger partial charge on any atom is -0.489 e. The van der Waals surface area contributed by atoms with Crippen LogP contribution in [0.3, 0.4) is 0 Å². The van der Waals surface area contributed by atoms with Crippen molar-refractivity contribution in [2.24, 2.45) is 0 Å². The van der Waals surface area contributed by atoms with E-state index in [0.29, 0.717) is 52.6 Å². The van der Waals surface area contributed by atoms with Crippen LogP contribution in [-0.2, 0) is 34.8 Å². The predicted molar refractivity (Wildman–Crippen MR) is 172 cm³/mol. The smallest absolute Gasteiger partial charge is 0.215 e. The lowest BCUT2D eigenvalue weighted by molar-refractivity contribution is -0.312. The van der Waals surface area contributed by atoms with Gasteiger partial charge < -0.3 is 18.8 Å². The van der Waals surface area contributed by atoms with Crippen molar-refractivity contribution < 1.29 is 14.2 Å². The molecule has 6 nitrogen and oxygen atoms in total. The second-order valence-electron chi connectivity index (χ2n) is 10.8. The average Bonchev–Trinajstić information content (AvgIpc) is 3.50. The van der Waals surface area contributed by atoms with Gasteiger partial charge in [-0.15, -0.1) is 0 Å². The number of ether oxygens (including phenoxy) is 3. The second kappa shape index (κ2) is 13.6. The summed E-state index contributed by atoms with van der Waals surface area (Å²) < 4.78 is 21.1. The largest absolute Gasteiger partial charge is 0.489 e. The number of hydrogen-bond donors (Lipinski definition) is 0. The van der Waals surface area contributed by atoms with Gasteiger partial charge in [-0.25, -0.2) is 4.98 Å². The van der Waals surface area contributed by atoms with Gasteiger partial charge in [-0.2, -0.15) is 0 Å². The normalized spacial score (nSPS) is 20.8. The van der Waals surface area contributed by atoms with Gasteiger partial charge in [-0.3, -0.25) is 4.90 Å². The molecular weight excluding hydrogens is 628 g/mol. The molecule has 0 saturated carbocycles. The number of hydrogen-bond acceptors (Lipinski definition) is 5. The average molecular weight is 659 g/mol. The number of aromatic nitrogens is 2. The molecule has 1 aromatic heterocycles. The lowest BCUT2D eigenvalue weighted by atomic mass is 9.99. The van der Waals surface area contributed by atoms with E-state index < -0.39 is 5.79 Å². The predicted octanol–water partition coefficient (Wildman–Crippen LogP) is 8.31. The van der Waals surface area contributed by atoms with E-state index in [2.05, 4.69) is 28.1 Å². The molecule has 43 heavy (non-hydrogen) atoms. The van der Waals surface area contributed by atoms with Crippen LogP contribution in [0.25, 0.3) is 6.08 Å². The fourth-order valence-electron chi connectivity index (χ4n) is 5.54. The van der Waals surface area contributed by atoms with E-state index in [1.807, 2.05) is 47.2 Å². The first-order valence-electron chi connectivity index (χ1n) is 14.2. The summed E-state index contributed by atoms with van der Waals surface area (Å²) >= 11 is 25.6. The topological polar surface area (TPSA) is 48.8 Å². The molecule has 2 atom stereocenters. The molecule has 0 spiro atoms. The summed E-state index contributed by atoms with van der Waals surface area (Å²) in [5, 5.41) is 2.35. The van der Waals surface area contributed by atoms with Crippen LogP contribution >= 0.6 is 46.4 Å². The van der Waals surface area contributed by atoms with Crippen LogP contribution in [0, 0.1) is 0 Å². The number of fused-ring (bicyclic) bond motifs is 1. The van der Waals surface area contributed by atoms with Gasteiger partial charge in [0, 0.05) is 54.1 Å². The summed E-state index contributed by atoms with van der Waals surface area (Å²) in [5.74, 6) is -0.462. The van der Waals surface area contributed by atoms with Gasteiger partial charge in [0.2, 0.25) is 5.79 Å². The molecule has 4 aromatic rings. The van der Waals surface area contributed by atoms with Crippen LogP contribution in [0.4, 0.5) is 0 Å². The maximum atomic E-state index is 6.73. The zero-order chi connectivity index (χ0) is 29.8. The summed E-state index contributed by atoms with van der Waals surface area (Å²) in [6, 6.07) is 17.3. The minimum absolute atomic E-state index is 0.251. The van der Waals surface area contributed by atoms with Gasteiger partial charge in [0.05, 0.1) is 35.6 Å². The highest BCUT2D eigenvalue weighted by atomic mass is 35.5. The van der Waals surface area contributed by atoms with Crippen molar-refractivity contribution in [1.82, 2.24) is 14.5 Å². The Kier molecular flexibility index (Phi) is 9.65. The van der Waals surface area contributed by atoms with E-state index in [4.69, 9.17) is 60.6 Å². The van der Waals surface area contributed by atoms with E-state index in [1.54, 1.807) is 24.7 Å². The first-order valence-corrected chi connectivity index (χ1v) is 15.7. The number of imidazole rings is 1. The van der Waals surface area contributed by atoms with Crippen LogP contribution in [0.5, 0.6) is 5.75 Å². The molecule has 2 aliphatic heterocycles. The minimum atomic E-state index is -1.13. The molecule has 0 amide bonds. The number of rotatable bonds is 9. The summed E-state index contributed by atoms with van der Waals surface area (Å²) in [6.45, 7) is 3.82. The maximum Gasteiger partial charge on any atom is 0.215 e. The highest BCUT2D eigenvalue weighted by Crippen LogP contribution is 2.40. The van der Waals surface area contributed by atoms with Crippen molar-refractivity contribution in [3.05, 3.63) is 122 Å². The molecule has 0 radical (unpaired) electrons. The second-order valence-corrected chi connectivity index (χ2v) is 12.5. The molecule has 1 saturated heterocycles. The molecule has 10 heteroatoms. The zero-order valence-electron chi connectivity index (χ0n) is 23.4. The SMILES string of the molecule is Clc1ccc(C=CCN2CCc3cc(OC[C@@H]4CCO[C@@](Cn5ccnc5)(c5ccc(Cl)cc5Cl)O4)c(Cl)cc3C2)cc1. The van der Waals surface area contributed by atoms with Crippen molar-refractivity contribution in [3.8, 4) is 5.75 Å². The van der Waals surface area contributed by atoms with Gasteiger partial charge in [0.15, 0.2) is 0 Å². The maximum absolute atomic E-state index is 6.73. The Balaban J connectivity index is 1.11. The van der Waals surface area contributed by atoms with Crippen LogP contribution in [0.1, 0.15) is 28.7 Å². The summed E-state index contributed by atoms with van der Waals surface area (Å²) in [6.07, 6.45) is 11.0. The highest BCUT2D eigenvalue weighted by Gasteiger charge is 2.42. The van der Waals surface area contributed by atoms with Crippen molar-refractivity contribution in [2.45, 2.75) is 37.8 Å². The first-order chi connectivity index (χ1) is 20.9. The van der Waals surface area contributed by atoms with Crippen molar-refractivity contribution in [1.29, 1.82) is 0 Å². The third kappa shape index (κ3) is 7.40. The van der Waals surface area contributed by atoms with E-state index in [1.165, 1.54) is 11.1 Å². The van der Waals surface area contributed by atoms with Crippen molar-refractivity contribution >= 4 is 52.5 Å². The molecule has 2 aliphatic rings. The highest BCUT2D eigenvalue weighted by molar-refractivity contribution is 6.35. The Labute approximate surface area is 271 Å².